The van der Waals surface area contributed by atoms with Gasteiger partial charge in [0.2, 0.25) is 5.91 Å². The summed E-state index contributed by atoms with van der Waals surface area (Å²) in [5.41, 5.74) is 2.88. The number of likely N-dealkylation sites (tertiary alicyclic amines) is 1. The van der Waals surface area contributed by atoms with Crippen LogP contribution in [0.1, 0.15) is 24.0 Å². The van der Waals surface area contributed by atoms with Crippen molar-refractivity contribution >= 4 is 29.6 Å². The van der Waals surface area contributed by atoms with Crippen molar-refractivity contribution in [2.45, 2.75) is 18.4 Å². The van der Waals surface area contributed by atoms with Crippen LogP contribution in [0.5, 0.6) is 0 Å². The van der Waals surface area contributed by atoms with Crippen molar-refractivity contribution in [2.75, 3.05) is 18.4 Å². The minimum absolute atomic E-state index is 0.177. The number of para-hydroxylation sites is 1. The highest BCUT2D eigenvalue weighted by atomic mass is 16.2. The predicted molar refractivity (Wildman–Crippen MR) is 137 cm³/mol. The van der Waals surface area contributed by atoms with Crippen molar-refractivity contribution in [2.24, 2.45) is 5.92 Å². The Morgan fingerprint density at radius 1 is 0.838 bits per heavy atom. The first-order chi connectivity index (χ1) is 18.0. The van der Waals surface area contributed by atoms with Crippen molar-refractivity contribution in [1.29, 1.82) is 0 Å². The molecular weight excluding hydrogens is 470 g/mol. The van der Waals surface area contributed by atoms with Crippen molar-refractivity contribution in [3.05, 3.63) is 102 Å². The van der Waals surface area contributed by atoms with Crippen LogP contribution < -0.4 is 16.1 Å². The molecule has 0 spiro atoms. The normalized spacial score (nSPS) is 18.8. The highest BCUT2D eigenvalue weighted by Crippen LogP contribution is 2.35. The molecule has 0 bridgehead atoms. The highest BCUT2D eigenvalue weighted by Gasteiger charge is 2.54. The average molecular weight is 498 g/mol. The molecule has 37 heavy (non-hydrogen) atoms. The fourth-order valence-corrected chi connectivity index (χ4v) is 4.87. The Labute approximate surface area is 214 Å². The molecule has 2 saturated heterocycles. The van der Waals surface area contributed by atoms with E-state index in [1.165, 1.54) is 0 Å². The van der Waals surface area contributed by atoms with Gasteiger partial charge in [0.05, 0.1) is 5.92 Å². The second kappa shape index (κ2) is 10.1. The topological polar surface area (TPSA) is 111 Å². The number of anilines is 1. The van der Waals surface area contributed by atoms with E-state index in [0.29, 0.717) is 36.2 Å². The number of carbonyl (C=O) groups excluding carboxylic acids is 4. The Kier molecular flexibility index (Phi) is 6.59. The number of hydrogen-bond donors (Lipinski definition) is 3. The van der Waals surface area contributed by atoms with Gasteiger partial charge < -0.3 is 15.5 Å². The molecular formula is C28H27N5O4. The molecule has 3 N–H and O–H groups in total. The minimum Gasteiger partial charge on any atom is -0.324 e. The van der Waals surface area contributed by atoms with Crippen LogP contribution in [-0.4, -0.2) is 46.9 Å². The lowest BCUT2D eigenvalue weighted by Crippen LogP contribution is -2.53. The van der Waals surface area contributed by atoms with Gasteiger partial charge >= 0.3 is 12.1 Å². The van der Waals surface area contributed by atoms with Gasteiger partial charge in [0.15, 0.2) is 5.54 Å². The zero-order valence-electron chi connectivity index (χ0n) is 20.1. The van der Waals surface area contributed by atoms with Gasteiger partial charge in [-0.15, -0.1) is 0 Å². The van der Waals surface area contributed by atoms with Crippen LogP contribution in [0.4, 0.5) is 15.3 Å². The maximum atomic E-state index is 13.8. The molecule has 2 heterocycles. The molecule has 0 unspecified atom stereocenters. The van der Waals surface area contributed by atoms with Gasteiger partial charge in [-0.3, -0.25) is 15.0 Å². The number of hydrogen-bond acceptors (Lipinski definition) is 4. The predicted octanol–water partition coefficient (Wildman–Crippen LogP) is 3.46. The number of carbonyl (C=O) groups is 4. The van der Waals surface area contributed by atoms with Gasteiger partial charge in [-0.25, -0.2) is 9.59 Å². The van der Waals surface area contributed by atoms with Crippen LogP contribution in [0.2, 0.25) is 0 Å². The molecule has 2 fully saturated rings. The Balaban J connectivity index is 1.32. The van der Waals surface area contributed by atoms with Gasteiger partial charge in [-0.2, -0.15) is 5.01 Å². The molecule has 0 aliphatic carbocycles. The number of hydrazine groups is 1. The fraction of sp³-hybridized carbons (Fsp3) is 0.214. The highest BCUT2D eigenvalue weighted by molar-refractivity contribution is 6.10. The number of nitrogens with zero attached hydrogens (tertiary/aromatic N) is 2. The number of urea groups is 2. The Bertz CT molecular complexity index is 1260. The smallest absolute Gasteiger partial charge is 0.324 e. The van der Waals surface area contributed by atoms with Crippen molar-refractivity contribution in [3.8, 4) is 0 Å². The summed E-state index contributed by atoms with van der Waals surface area (Å²) in [5.74, 6) is -1.66. The van der Waals surface area contributed by atoms with Gasteiger partial charge in [0.25, 0.3) is 5.91 Å². The molecule has 9 heteroatoms. The lowest BCUT2D eigenvalue weighted by atomic mass is 9.83. The van der Waals surface area contributed by atoms with Gasteiger partial charge in [-0.05, 0) is 36.1 Å². The van der Waals surface area contributed by atoms with E-state index in [4.69, 9.17) is 0 Å². The SMILES string of the molecule is O=C(NN1C(=O)NC(c2ccccc2)(c2ccccc2)C1=O)[C@H]1CCCN(C(=O)Nc2ccccc2)C1. The summed E-state index contributed by atoms with van der Waals surface area (Å²) in [6.07, 6.45) is 1.16. The van der Waals surface area contributed by atoms with Crippen LogP contribution in [0.25, 0.3) is 0 Å². The van der Waals surface area contributed by atoms with E-state index in [-0.39, 0.29) is 12.6 Å². The molecule has 3 aromatic carbocycles. The summed E-state index contributed by atoms with van der Waals surface area (Å²) in [5, 5.41) is 6.40. The second-order valence-corrected chi connectivity index (χ2v) is 9.11. The molecule has 0 radical (unpaired) electrons. The second-order valence-electron chi connectivity index (χ2n) is 9.11. The standard InChI is InChI=1S/C28H27N5O4/c34-24(20-11-10-18-32(19-20)26(36)29-23-16-8-3-9-17-23)31-33-25(35)28(30-27(33)37,21-12-4-1-5-13-21)22-14-6-2-7-15-22/h1-9,12-17,20H,10-11,18-19H2,(H,29,36)(H,30,37)(H,31,34)/t20-/m0/s1. The Morgan fingerprint density at radius 3 is 2.00 bits per heavy atom. The molecule has 188 valence electrons. The third kappa shape index (κ3) is 4.63. The van der Waals surface area contributed by atoms with Crippen LogP contribution in [0.15, 0.2) is 91.0 Å². The summed E-state index contributed by atoms with van der Waals surface area (Å²) in [6, 6.07) is 25.9. The molecule has 2 aliphatic rings. The molecule has 5 rings (SSSR count). The summed E-state index contributed by atoms with van der Waals surface area (Å²) < 4.78 is 0. The lowest BCUT2D eigenvalue weighted by molar-refractivity contribution is -0.140. The number of amides is 6. The van der Waals surface area contributed by atoms with Crippen LogP contribution in [-0.2, 0) is 15.1 Å². The molecule has 2 aliphatic heterocycles. The quantitative estimate of drug-likeness (QED) is 0.469. The van der Waals surface area contributed by atoms with Crippen molar-refractivity contribution < 1.29 is 19.2 Å². The maximum Gasteiger partial charge on any atom is 0.344 e. The molecule has 3 aromatic rings. The van der Waals surface area contributed by atoms with Crippen LogP contribution in [0, 0.1) is 5.92 Å². The monoisotopic (exact) mass is 497 g/mol. The number of piperidine rings is 1. The molecule has 6 amide bonds. The lowest BCUT2D eigenvalue weighted by Gasteiger charge is -2.32. The fourth-order valence-electron chi connectivity index (χ4n) is 4.87. The zero-order chi connectivity index (χ0) is 25.8. The molecule has 0 aromatic heterocycles. The van der Waals surface area contributed by atoms with Crippen LogP contribution >= 0.6 is 0 Å². The summed E-state index contributed by atoms with van der Waals surface area (Å²) >= 11 is 0. The van der Waals surface area contributed by atoms with E-state index in [0.717, 1.165) is 5.01 Å². The van der Waals surface area contributed by atoms with E-state index in [9.17, 15) is 19.2 Å². The van der Waals surface area contributed by atoms with E-state index in [1.807, 2.05) is 30.3 Å². The minimum atomic E-state index is -1.47. The van der Waals surface area contributed by atoms with Crippen molar-refractivity contribution in [1.82, 2.24) is 20.7 Å². The summed E-state index contributed by atoms with van der Waals surface area (Å²) in [7, 11) is 0. The summed E-state index contributed by atoms with van der Waals surface area (Å²) in [4.78, 5) is 54.4. The number of rotatable bonds is 5. The van der Waals surface area contributed by atoms with E-state index < -0.39 is 29.3 Å². The van der Waals surface area contributed by atoms with E-state index in [1.54, 1.807) is 65.6 Å². The average Bonchev–Trinajstić information content (AvgIpc) is 3.20. The van der Waals surface area contributed by atoms with Crippen molar-refractivity contribution in [3.63, 3.8) is 0 Å². The first-order valence-corrected chi connectivity index (χ1v) is 12.2. The first-order valence-electron chi connectivity index (χ1n) is 12.2. The summed E-state index contributed by atoms with van der Waals surface area (Å²) in [6.45, 7) is 0.688. The van der Waals surface area contributed by atoms with Gasteiger partial charge in [0.1, 0.15) is 0 Å². The Morgan fingerprint density at radius 2 is 1.41 bits per heavy atom. The third-order valence-electron chi connectivity index (χ3n) is 6.76. The van der Waals surface area contributed by atoms with Gasteiger partial charge in [-0.1, -0.05) is 78.9 Å². The third-order valence-corrected chi connectivity index (χ3v) is 6.76. The van der Waals surface area contributed by atoms with E-state index >= 15 is 0 Å². The van der Waals surface area contributed by atoms with Gasteiger partial charge in [0, 0.05) is 18.8 Å². The zero-order valence-corrected chi connectivity index (χ0v) is 20.1. The maximum absolute atomic E-state index is 13.8. The first kappa shape index (κ1) is 24.1. The molecule has 1 atom stereocenters. The van der Waals surface area contributed by atoms with E-state index in [2.05, 4.69) is 16.1 Å². The molecule has 9 nitrogen and oxygen atoms in total. The number of nitrogens with one attached hydrogen (secondary N) is 3. The van der Waals surface area contributed by atoms with Crippen LogP contribution in [0.3, 0.4) is 0 Å². The number of imide groups is 1. The largest absolute Gasteiger partial charge is 0.344 e. The molecule has 0 saturated carbocycles. The Hall–Kier alpha value is -4.66. The number of benzene rings is 3.